The molecule has 1 aliphatic rings. The summed E-state index contributed by atoms with van der Waals surface area (Å²) in [4.78, 5) is 14.2. The number of carbonyl (C=O) groups is 1. The second-order valence-electron chi connectivity index (χ2n) is 7.49. The Morgan fingerprint density at radius 3 is 2.30 bits per heavy atom. The summed E-state index contributed by atoms with van der Waals surface area (Å²) in [5.74, 6) is -0.378. The van der Waals surface area contributed by atoms with E-state index in [1.165, 1.54) is 16.1 Å². The van der Waals surface area contributed by atoms with Crippen LogP contribution in [0.15, 0.2) is 94.7 Å². The summed E-state index contributed by atoms with van der Waals surface area (Å²) in [5, 5.41) is -0.533. The van der Waals surface area contributed by atoms with Gasteiger partial charge in [0.15, 0.2) is 0 Å². The number of hydrogen-bond donors (Lipinski definition) is 0. The Bertz CT molecular complexity index is 1160. The molecule has 0 spiro atoms. The summed E-state index contributed by atoms with van der Waals surface area (Å²) in [6.07, 6.45) is 0. The van der Waals surface area contributed by atoms with E-state index in [0.29, 0.717) is 31.9 Å². The van der Waals surface area contributed by atoms with Gasteiger partial charge in [-0.3, -0.25) is 4.79 Å². The molecule has 0 saturated carbocycles. The maximum atomic E-state index is 13.1. The monoisotopic (exact) mass is 483 g/mol. The lowest BCUT2D eigenvalue weighted by atomic mass is 10.1. The number of benzene rings is 3. The second-order valence-corrected chi connectivity index (χ2v) is 10.6. The Labute approximate surface area is 198 Å². The van der Waals surface area contributed by atoms with Gasteiger partial charge in [-0.1, -0.05) is 60.7 Å². The van der Waals surface area contributed by atoms with Crippen LogP contribution in [0.2, 0.25) is 0 Å². The van der Waals surface area contributed by atoms with Gasteiger partial charge in [-0.15, -0.1) is 11.8 Å². The van der Waals surface area contributed by atoms with Crippen LogP contribution in [0.4, 0.5) is 0 Å². The molecule has 1 atom stereocenters. The molecule has 0 aromatic heterocycles. The van der Waals surface area contributed by atoms with Crippen LogP contribution in [-0.2, 0) is 30.9 Å². The van der Waals surface area contributed by atoms with Crippen LogP contribution in [0.1, 0.15) is 16.4 Å². The molecule has 3 aromatic rings. The van der Waals surface area contributed by atoms with Crippen molar-refractivity contribution in [1.29, 1.82) is 0 Å². The molecule has 3 aromatic carbocycles. The van der Waals surface area contributed by atoms with Crippen LogP contribution in [0.5, 0.6) is 0 Å². The van der Waals surface area contributed by atoms with Gasteiger partial charge >= 0.3 is 5.97 Å². The van der Waals surface area contributed by atoms with E-state index in [2.05, 4.69) is 0 Å². The number of rotatable bonds is 8. The zero-order chi connectivity index (χ0) is 23.1. The number of hydrogen-bond acceptors (Lipinski definition) is 6. The van der Waals surface area contributed by atoms with Gasteiger partial charge in [0.2, 0.25) is 10.0 Å². The molecule has 8 heteroatoms. The van der Waals surface area contributed by atoms with Gasteiger partial charge in [0.1, 0.15) is 11.9 Å². The zero-order valence-electron chi connectivity index (χ0n) is 18.0. The van der Waals surface area contributed by atoms with Gasteiger partial charge < -0.3 is 9.47 Å². The molecular weight excluding hydrogens is 458 g/mol. The van der Waals surface area contributed by atoms with Gasteiger partial charge in [0.25, 0.3) is 0 Å². The maximum absolute atomic E-state index is 13.1. The fourth-order valence-corrected chi connectivity index (χ4v) is 6.00. The number of sulfonamides is 1. The highest BCUT2D eigenvalue weighted by Crippen LogP contribution is 2.36. The van der Waals surface area contributed by atoms with Crippen molar-refractivity contribution in [2.75, 3.05) is 26.3 Å². The smallest absolute Gasteiger partial charge is 0.324 e. The molecule has 0 radical (unpaired) electrons. The molecule has 33 heavy (non-hydrogen) atoms. The van der Waals surface area contributed by atoms with E-state index in [-0.39, 0.29) is 17.5 Å². The predicted molar refractivity (Wildman–Crippen MR) is 127 cm³/mol. The first-order chi connectivity index (χ1) is 16.0. The number of esters is 1. The Kier molecular flexibility index (Phi) is 7.82. The molecule has 0 aliphatic carbocycles. The van der Waals surface area contributed by atoms with E-state index in [1.807, 2.05) is 60.7 Å². The molecule has 1 heterocycles. The van der Waals surface area contributed by atoms with E-state index in [4.69, 9.17) is 9.47 Å². The van der Waals surface area contributed by atoms with E-state index in [0.717, 1.165) is 10.5 Å². The Morgan fingerprint density at radius 2 is 1.61 bits per heavy atom. The van der Waals surface area contributed by atoms with Crippen LogP contribution in [-0.4, -0.2) is 45.0 Å². The minimum atomic E-state index is -3.61. The molecule has 0 bridgehead atoms. The summed E-state index contributed by atoms with van der Waals surface area (Å²) in [5.41, 5.74) is 1.47. The van der Waals surface area contributed by atoms with Crippen LogP contribution in [0.25, 0.3) is 0 Å². The minimum absolute atomic E-state index is 0.00993. The van der Waals surface area contributed by atoms with Crippen molar-refractivity contribution in [3.8, 4) is 0 Å². The SMILES string of the molecule is O=C(OCc1cccc(S(=O)(=O)N2CCOCC2)c1)C(Sc1ccccc1)c1ccccc1. The fraction of sp³-hybridized carbons (Fsp3) is 0.240. The number of ether oxygens (including phenoxy) is 2. The van der Waals surface area contributed by atoms with Gasteiger partial charge in [-0.05, 0) is 35.4 Å². The van der Waals surface area contributed by atoms with Crippen molar-refractivity contribution >= 4 is 27.8 Å². The fourth-order valence-electron chi connectivity index (χ4n) is 3.48. The number of carbonyl (C=O) groups excluding carboxylic acids is 1. The number of morpholine rings is 1. The number of thioether (sulfide) groups is 1. The first-order valence-electron chi connectivity index (χ1n) is 10.6. The van der Waals surface area contributed by atoms with Crippen LogP contribution < -0.4 is 0 Å². The van der Waals surface area contributed by atoms with Crippen LogP contribution >= 0.6 is 11.8 Å². The van der Waals surface area contributed by atoms with Gasteiger partial charge in [0.05, 0.1) is 18.1 Å². The topological polar surface area (TPSA) is 72.9 Å². The summed E-state index contributed by atoms with van der Waals surface area (Å²) in [6, 6.07) is 25.7. The van der Waals surface area contributed by atoms with Crippen LogP contribution in [0.3, 0.4) is 0 Å². The summed E-state index contributed by atoms with van der Waals surface area (Å²) < 4.78 is 38.2. The lowest BCUT2D eigenvalue weighted by Gasteiger charge is -2.26. The lowest BCUT2D eigenvalue weighted by molar-refractivity contribution is -0.144. The molecule has 172 valence electrons. The highest BCUT2D eigenvalue weighted by molar-refractivity contribution is 8.00. The van der Waals surface area contributed by atoms with E-state index in [9.17, 15) is 13.2 Å². The third-order valence-corrected chi connectivity index (χ3v) is 8.34. The summed E-state index contributed by atoms with van der Waals surface area (Å²) >= 11 is 1.42. The van der Waals surface area contributed by atoms with Gasteiger partial charge in [0, 0.05) is 18.0 Å². The Balaban J connectivity index is 1.48. The minimum Gasteiger partial charge on any atom is -0.460 e. The third-order valence-electron chi connectivity index (χ3n) is 5.20. The molecule has 1 aliphatic heterocycles. The van der Waals surface area contributed by atoms with Crippen molar-refractivity contribution in [2.45, 2.75) is 21.6 Å². The first-order valence-corrected chi connectivity index (χ1v) is 13.0. The molecule has 1 fully saturated rings. The number of nitrogens with zero attached hydrogens (tertiary/aromatic N) is 1. The first kappa shape index (κ1) is 23.5. The van der Waals surface area contributed by atoms with Crippen LogP contribution in [0, 0.1) is 0 Å². The quantitative estimate of drug-likeness (QED) is 0.352. The molecule has 4 rings (SSSR count). The Hall–Kier alpha value is -2.65. The van der Waals surface area contributed by atoms with Crippen molar-refractivity contribution in [3.63, 3.8) is 0 Å². The third kappa shape index (κ3) is 6.03. The highest BCUT2D eigenvalue weighted by atomic mass is 32.2. The second kappa shape index (κ2) is 11.0. The van der Waals surface area contributed by atoms with Gasteiger partial charge in [-0.25, -0.2) is 8.42 Å². The van der Waals surface area contributed by atoms with Gasteiger partial charge in [-0.2, -0.15) is 4.31 Å². The molecule has 1 saturated heterocycles. The predicted octanol–water partition coefficient (Wildman–Crippen LogP) is 4.28. The van der Waals surface area contributed by atoms with Crippen molar-refractivity contribution < 1.29 is 22.7 Å². The summed E-state index contributed by atoms with van der Waals surface area (Å²) in [7, 11) is -3.61. The van der Waals surface area contributed by atoms with E-state index < -0.39 is 15.3 Å². The average Bonchev–Trinajstić information content (AvgIpc) is 2.87. The van der Waals surface area contributed by atoms with E-state index in [1.54, 1.807) is 24.3 Å². The van der Waals surface area contributed by atoms with Crippen molar-refractivity contribution in [2.24, 2.45) is 0 Å². The maximum Gasteiger partial charge on any atom is 0.324 e. The molecular formula is C25H25NO5S2. The lowest BCUT2D eigenvalue weighted by Crippen LogP contribution is -2.40. The van der Waals surface area contributed by atoms with Crippen molar-refractivity contribution in [3.05, 3.63) is 96.1 Å². The molecule has 0 N–H and O–H groups in total. The van der Waals surface area contributed by atoms with E-state index >= 15 is 0 Å². The van der Waals surface area contributed by atoms with Crippen molar-refractivity contribution in [1.82, 2.24) is 4.31 Å². The molecule has 0 amide bonds. The highest BCUT2D eigenvalue weighted by Gasteiger charge is 2.27. The summed E-state index contributed by atoms with van der Waals surface area (Å²) in [6.45, 7) is 1.42. The molecule has 1 unspecified atom stereocenters. The average molecular weight is 484 g/mol. The largest absolute Gasteiger partial charge is 0.460 e. The normalized spacial score (nSPS) is 15.6. The molecule has 6 nitrogen and oxygen atoms in total. The standard InChI is InChI=1S/C25H25NO5S2/c27-25(24(21-9-3-1-4-10-21)32-22-11-5-2-6-12-22)31-19-20-8-7-13-23(18-20)33(28,29)26-14-16-30-17-15-26/h1-13,18,24H,14-17,19H2. The zero-order valence-corrected chi connectivity index (χ0v) is 19.6. The Morgan fingerprint density at radius 1 is 0.939 bits per heavy atom.